The third kappa shape index (κ3) is 2.05. The summed E-state index contributed by atoms with van der Waals surface area (Å²) in [5.41, 5.74) is 0. The highest BCUT2D eigenvalue weighted by atomic mass is 16.5. The first-order valence-corrected chi connectivity index (χ1v) is 6.68. The lowest BCUT2D eigenvalue weighted by molar-refractivity contribution is -0.123. The number of likely N-dealkylation sites (tertiary alicyclic amines) is 1. The second-order valence-corrected chi connectivity index (χ2v) is 5.26. The summed E-state index contributed by atoms with van der Waals surface area (Å²) in [5.74, 6) is 0.0889. The van der Waals surface area contributed by atoms with Crippen LogP contribution in [0.2, 0.25) is 0 Å². The van der Waals surface area contributed by atoms with E-state index in [2.05, 4.69) is 10.6 Å². The number of fused-ring (bicyclic) bond motifs is 1. The molecule has 3 aliphatic heterocycles. The van der Waals surface area contributed by atoms with E-state index < -0.39 is 0 Å². The van der Waals surface area contributed by atoms with Crippen LogP contribution in [0.1, 0.15) is 19.3 Å². The fourth-order valence-corrected chi connectivity index (χ4v) is 3.11. The Morgan fingerprint density at radius 1 is 1.44 bits per heavy atom. The van der Waals surface area contributed by atoms with Crippen molar-refractivity contribution in [1.29, 1.82) is 0 Å². The van der Waals surface area contributed by atoms with E-state index in [4.69, 9.17) is 4.74 Å². The molecular weight excluding hydrogens is 234 g/mol. The highest BCUT2D eigenvalue weighted by molar-refractivity contribution is 5.84. The predicted octanol–water partition coefficient (Wildman–Crippen LogP) is -0.305. The molecule has 3 atom stereocenters. The number of nitrogens with one attached hydrogen (secondary N) is 2. The van der Waals surface area contributed by atoms with Crippen LogP contribution < -0.4 is 10.6 Å². The molecule has 3 saturated heterocycles. The maximum Gasteiger partial charge on any atom is 0.318 e. The van der Waals surface area contributed by atoms with Gasteiger partial charge in [-0.15, -0.1) is 0 Å². The number of carbonyl (C=O) groups excluding carboxylic acids is 2. The third-order valence-electron chi connectivity index (χ3n) is 4.12. The average molecular weight is 253 g/mol. The van der Waals surface area contributed by atoms with Crippen molar-refractivity contribution >= 4 is 11.9 Å². The highest BCUT2D eigenvalue weighted by Crippen LogP contribution is 2.27. The number of nitrogens with zero attached hydrogens (tertiary/aromatic N) is 1. The third-order valence-corrected chi connectivity index (χ3v) is 4.12. The first kappa shape index (κ1) is 11.8. The fraction of sp³-hybridized carbons (Fsp3) is 0.833. The fourth-order valence-electron chi connectivity index (χ4n) is 3.11. The number of rotatable bonds is 1. The van der Waals surface area contributed by atoms with Gasteiger partial charge in [0.05, 0.1) is 24.6 Å². The summed E-state index contributed by atoms with van der Waals surface area (Å²) in [6.07, 6.45) is 2.68. The second-order valence-electron chi connectivity index (χ2n) is 5.26. The van der Waals surface area contributed by atoms with Crippen LogP contribution in [0.25, 0.3) is 0 Å². The van der Waals surface area contributed by atoms with E-state index in [1.807, 2.05) is 4.90 Å². The molecule has 6 heteroatoms. The van der Waals surface area contributed by atoms with Gasteiger partial charge in [-0.3, -0.25) is 4.79 Å². The van der Waals surface area contributed by atoms with Crippen LogP contribution in [0.4, 0.5) is 4.79 Å². The summed E-state index contributed by atoms with van der Waals surface area (Å²) in [6.45, 7) is 2.66. The molecule has 18 heavy (non-hydrogen) atoms. The Morgan fingerprint density at radius 2 is 2.33 bits per heavy atom. The van der Waals surface area contributed by atoms with Crippen molar-refractivity contribution in [1.82, 2.24) is 15.5 Å². The Labute approximate surface area is 106 Å². The zero-order valence-electron chi connectivity index (χ0n) is 10.4. The molecule has 6 nitrogen and oxygen atoms in total. The van der Waals surface area contributed by atoms with Crippen molar-refractivity contribution in [3.8, 4) is 0 Å². The van der Waals surface area contributed by atoms with Gasteiger partial charge in [0, 0.05) is 19.7 Å². The summed E-state index contributed by atoms with van der Waals surface area (Å²) in [6, 6.07) is 0.119. The smallest absolute Gasteiger partial charge is 0.318 e. The molecule has 0 saturated carbocycles. The second kappa shape index (κ2) is 4.76. The lowest BCUT2D eigenvalue weighted by Crippen LogP contribution is -2.54. The predicted molar refractivity (Wildman–Crippen MR) is 64.0 cm³/mol. The van der Waals surface area contributed by atoms with Crippen molar-refractivity contribution in [2.45, 2.75) is 31.3 Å². The number of urea groups is 1. The maximum atomic E-state index is 12.2. The van der Waals surface area contributed by atoms with Gasteiger partial charge in [-0.05, 0) is 19.3 Å². The first-order valence-electron chi connectivity index (χ1n) is 6.68. The Hall–Kier alpha value is -1.30. The summed E-state index contributed by atoms with van der Waals surface area (Å²) in [4.78, 5) is 25.7. The summed E-state index contributed by atoms with van der Waals surface area (Å²) in [7, 11) is 0. The molecule has 3 amide bonds. The molecule has 3 fully saturated rings. The van der Waals surface area contributed by atoms with Gasteiger partial charge in [-0.2, -0.15) is 0 Å². The van der Waals surface area contributed by atoms with Crippen molar-refractivity contribution in [3.63, 3.8) is 0 Å². The van der Waals surface area contributed by atoms with E-state index in [1.54, 1.807) is 0 Å². The minimum absolute atomic E-state index is 0.00988. The molecule has 0 radical (unpaired) electrons. The Bertz CT molecular complexity index is 354. The lowest BCUT2D eigenvalue weighted by atomic mass is 9.92. The lowest BCUT2D eigenvalue weighted by Gasteiger charge is -2.36. The normalized spacial score (nSPS) is 35.2. The molecule has 0 aromatic carbocycles. The largest absolute Gasteiger partial charge is 0.379 e. The number of ether oxygens (including phenoxy) is 1. The molecule has 0 bridgehead atoms. The molecule has 3 aliphatic rings. The highest BCUT2D eigenvalue weighted by Gasteiger charge is 2.42. The molecule has 0 aromatic rings. The maximum absolute atomic E-state index is 12.2. The van der Waals surface area contributed by atoms with Gasteiger partial charge < -0.3 is 20.3 Å². The Kier molecular flexibility index (Phi) is 3.11. The Balaban J connectivity index is 1.63. The average Bonchev–Trinajstić information content (AvgIpc) is 3.00. The van der Waals surface area contributed by atoms with E-state index >= 15 is 0 Å². The van der Waals surface area contributed by atoms with Crippen LogP contribution in [0.5, 0.6) is 0 Å². The minimum Gasteiger partial charge on any atom is -0.379 e. The van der Waals surface area contributed by atoms with Crippen LogP contribution in [-0.2, 0) is 9.53 Å². The molecule has 3 rings (SSSR count). The molecular formula is C12H19N3O3. The van der Waals surface area contributed by atoms with Crippen LogP contribution in [-0.4, -0.2) is 55.2 Å². The van der Waals surface area contributed by atoms with Crippen LogP contribution in [0, 0.1) is 5.92 Å². The van der Waals surface area contributed by atoms with Gasteiger partial charge in [0.2, 0.25) is 5.91 Å². The van der Waals surface area contributed by atoms with E-state index in [-0.39, 0.29) is 29.9 Å². The SMILES string of the molecule is O=C1NCC2C1CCCN2C(=O)NC1CCOC1. The minimum atomic E-state index is -0.0447. The van der Waals surface area contributed by atoms with E-state index in [9.17, 15) is 9.59 Å². The van der Waals surface area contributed by atoms with Gasteiger partial charge in [0.1, 0.15) is 0 Å². The first-order chi connectivity index (χ1) is 8.75. The van der Waals surface area contributed by atoms with E-state index in [0.29, 0.717) is 13.2 Å². The van der Waals surface area contributed by atoms with Gasteiger partial charge in [0.15, 0.2) is 0 Å². The molecule has 0 spiro atoms. The van der Waals surface area contributed by atoms with E-state index in [0.717, 1.165) is 32.4 Å². The molecule has 3 unspecified atom stereocenters. The van der Waals surface area contributed by atoms with E-state index in [1.165, 1.54) is 0 Å². The monoisotopic (exact) mass is 253 g/mol. The van der Waals surface area contributed by atoms with Crippen molar-refractivity contribution in [2.75, 3.05) is 26.3 Å². The Morgan fingerprint density at radius 3 is 3.11 bits per heavy atom. The molecule has 0 aliphatic carbocycles. The molecule has 3 heterocycles. The van der Waals surface area contributed by atoms with Gasteiger partial charge >= 0.3 is 6.03 Å². The number of hydrogen-bond donors (Lipinski definition) is 2. The number of amides is 3. The molecule has 2 N–H and O–H groups in total. The van der Waals surface area contributed by atoms with Gasteiger partial charge in [-0.25, -0.2) is 4.79 Å². The number of piperidine rings is 1. The quantitative estimate of drug-likeness (QED) is 0.674. The zero-order valence-corrected chi connectivity index (χ0v) is 10.4. The number of carbonyl (C=O) groups is 2. The zero-order chi connectivity index (χ0) is 12.5. The summed E-state index contributed by atoms with van der Waals surface area (Å²) in [5, 5.41) is 5.85. The molecule has 100 valence electrons. The summed E-state index contributed by atoms with van der Waals surface area (Å²) < 4.78 is 5.25. The van der Waals surface area contributed by atoms with Crippen LogP contribution >= 0.6 is 0 Å². The van der Waals surface area contributed by atoms with Gasteiger partial charge in [-0.1, -0.05) is 0 Å². The standard InChI is InChI=1S/C12H19N3O3/c16-11-9-2-1-4-15(10(9)6-13-11)12(17)14-8-3-5-18-7-8/h8-10H,1-7H2,(H,13,16)(H,14,17). The van der Waals surface area contributed by atoms with Crippen LogP contribution in [0.15, 0.2) is 0 Å². The van der Waals surface area contributed by atoms with Crippen molar-refractivity contribution < 1.29 is 14.3 Å². The number of hydrogen-bond acceptors (Lipinski definition) is 3. The molecule has 0 aromatic heterocycles. The van der Waals surface area contributed by atoms with Crippen molar-refractivity contribution in [2.24, 2.45) is 5.92 Å². The van der Waals surface area contributed by atoms with Crippen LogP contribution in [0.3, 0.4) is 0 Å². The summed E-state index contributed by atoms with van der Waals surface area (Å²) >= 11 is 0. The topological polar surface area (TPSA) is 70.7 Å². The van der Waals surface area contributed by atoms with Crippen molar-refractivity contribution in [3.05, 3.63) is 0 Å². The van der Waals surface area contributed by atoms with Gasteiger partial charge in [0.25, 0.3) is 0 Å².